The second-order valence-corrected chi connectivity index (χ2v) is 6.57. The molecule has 0 radical (unpaired) electrons. The van der Waals surface area contributed by atoms with Crippen molar-refractivity contribution in [3.8, 4) is 5.75 Å². The lowest BCUT2D eigenvalue weighted by Crippen LogP contribution is -2.41. The van der Waals surface area contributed by atoms with Crippen molar-refractivity contribution in [1.29, 1.82) is 0 Å². The number of aryl methyl sites for hydroxylation is 1. The lowest BCUT2D eigenvalue weighted by molar-refractivity contribution is -0.134. The van der Waals surface area contributed by atoms with Gasteiger partial charge in [-0.05, 0) is 28.8 Å². The van der Waals surface area contributed by atoms with E-state index in [4.69, 9.17) is 4.74 Å². The summed E-state index contributed by atoms with van der Waals surface area (Å²) in [6, 6.07) is 17.8. The van der Waals surface area contributed by atoms with Crippen LogP contribution in [0.3, 0.4) is 0 Å². The van der Waals surface area contributed by atoms with Gasteiger partial charge in [0, 0.05) is 32.3 Å². The van der Waals surface area contributed by atoms with Crippen molar-refractivity contribution >= 4 is 5.91 Å². The molecule has 2 aromatic carbocycles. The summed E-state index contributed by atoms with van der Waals surface area (Å²) in [6.45, 7) is 1.30. The summed E-state index contributed by atoms with van der Waals surface area (Å²) in [4.78, 5) is 14.6. The van der Waals surface area contributed by atoms with Gasteiger partial charge in [-0.2, -0.15) is 5.10 Å². The standard InChI is InChI=1S/C21H21N3O2/c1-23-12-17(11-22-23)20-14-24(13-16-7-5-6-10-19(16)20)21(25)15-26-18-8-3-2-4-9-18/h2-12,20H,13-15H2,1H3/t20-/m0/s1. The molecule has 1 amide bonds. The monoisotopic (exact) mass is 347 g/mol. The first-order valence-corrected chi connectivity index (χ1v) is 8.72. The SMILES string of the molecule is Cn1cc([C@@H]2CN(C(=O)COc3ccccc3)Cc3ccccc32)cn1. The van der Waals surface area contributed by atoms with Crippen LogP contribution < -0.4 is 4.74 Å². The van der Waals surface area contributed by atoms with E-state index in [2.05, 4.69) is 23.3 Å². The van der Waals surface area contributed by atoms with Crippen LogP contribution >= 0.6 is 0 Å². The zero-order chi connectivity index (χ0) is 17.9. The van der Waals surface area contributed by atoms with Crippen molar-refractivity contribution in [2.75, 3.05) is 13.2 Å². The molecule has 5 nitrogen and oxygen atoms in total. The van der Waals surface area contributed by atoms with Gasteiger partial charge in [0.05, 0.1) is 6.20 Å². The fourth-order valence-electron chi connectivity index (χ4n) is 3.46. The van der Waals surface area contributed by atoms with Crippen LogP contribution in [0.1, 0.15) is 22.6 Å². The second kappa shape index (κ2) is 7.04. The maximum atomic E-state index is 12.7. The number of fused-ring (bicyclic) bond motifs is 1. The van der Waals surface area contributed by atoms with Crippen LogP contribution in [0.4, 0.5) is 0 Å². The van der Waals surface area contributed by atoms with E-state index < -0.39 is 0 Å². The normalized spacial score (nSPS) is 16.2. The number of aromatic nitrogens is 2. The lowest BCUT2D eigenvalue weighted by Gasteiger charge is -2.34. The predicted octanol–water partition coefficient (Wildman–Crippen LogP) is 2.97. The Morgan fingerprint density at radius 1 is 1.15 bits per heavy atom. The highest BCUT2D eigenvalue weighted by Crippen LogP contribution is 2.33. The molecule has 0 fully saturated rings. The Balaban J connectivity index is 1.54. The topological polar surface area (TPSA) is 47.4 Å². The minimum absolute atomic E-state index is 0.00255. The molecule has 0 unspecified atom stereocenters. The van der Waals surface area contributed by atoms with E-state index in [1.807, 2.05) is 60.7 Å². The molecule has 0 spiro atoms. The third-order valence-corrected chi connectivity index (χ3v) is 4.78. The minimum Gasteiger partial charge on any atom is -0.484 e. The van der Waals surface area contributed by atoms with E-state index >= 15 is 0 Å². The first kappa shape index (κ1) is 16.4. The highest BCUT2D eigenvalue weighted by Gasteiger charge is 2.29. The second-order valence-electron chi connectivity index (χ2n) is 6.57. The molecule has 1 atom stereocenters. The smallest absolute Gasteiger partial charge is 0.260 e. The summed E-state index contributed by atoms with van der Waals surface area (Å²) in [7, 11) is 1.91. The summed E-state index contributed by atoms with van der Waals surface area (Å²) < 4.78 is 7.45. The molecule has 26 heavy (non-hydrogen) atoms. The van der Waals surface area contributed by atoms with Crippen LogP contribution in [0.25, 0.3) is 0 Å². The number of carbonyl (C=O) groups is 1. The number of nitrogens with zero attached hydrogens (tertiary/aromatic N) is 3. The van der Waals surface area contributed by atoms with E-state index in [1.54, 1.807) is 4.68 Å². The molecule has 4 rings (SSSR count). The quantitative estimate of drug-likeness (QED) is 0.729. The summed E-state index contributed by atoms with van der Waals surface area (Å²) in [5.74, 6) is 0.841. The number of carbonyl (C=O) groups excluding carboxylic acids is 1. The Labute approximate surface area is 152 Å². The highest BCUT2D eigenvalue weighted by molar-refractivity contribution is 5.78. The number of hydrogen-bond acceptors (Lipinski definition) is 3. The van der Waals surface area contributed by atoms with Gasteiger partial charge in [0.25, 0.3) is 5.91 Å². The molecule has 0 bridgehead atoms. The van der Waals surface area contributed by atoms with E-state index in [9.17, 15) is 4.79 Å². The largest absolute Gasteiger partial charge is 0.484 e. The molecule has 0 saturated heterocycles. The van der Waals surface area contributed by atoms with Crippen LogP contribution in [-0.4, -0.2) is 33.7 Å². The Kier molecular flexibility index (Phi) is 4.44. The van der Waals surface area contributed by atoms with Crippen LogP contribution in [0.2, 0.25) is 0 Å². The number of rotatable bonds is 4. The van der Waals surface area contributed by atoms with E-state index in [0.717, 1.165) is 5.56 Å². The van der Waals surface area contributed by atoms with Crippen LogP contribution in [0.5, 0.6) is 5.75 Å². The summed E-state index contributed by atoms with van der Waals surface area (Å²) in [6.07, 6.45) is 3.91. The predicted molar refractivity (Wildman–Crippen MR) is 98.8 cm³/mol. The summed E-state index contributed by atoms with van der Waals surface area (Å²) in [5.41, 5.74) is 3.58. The van der Waals surface area contributed by atoms with Gasteiger partial charge in [-0.1, -0.05) is 42.5 Å². The fourth-order valence-corrected chi connectivity index (χ4v) is 3.46. The van der Waals surface area contributed by atoms with Gasteiger partial charge in [-0.15, -0.1) is 0 Å². The number of para-hydroxylation sites is 1. The number of ether oxygens (including phenoxy) is 1. The van der Waals surface area contributed by atoms with Crippen molar-refractivity contribution < 1.29 is 9.53 Å². The molecular weight excluding hydrogens is 326 g/mol. The number of benzene rings is 2. The Hall–Kier alpha value is -3.08. The van der Waals surface area contributed by atoms with Crippen molar-refractivity contribution in [3.63, 3.8) is 0 Å². The van der Waals surface area contributed by atoms with Gasteiger partial charge < -0.3 is 9.64 Å². The number of hydrogen-bond donors (Lipinski definition) is 0. The van der Waals surface area contributed by atoms with Gasteiger partial charge in [-0.25, -0.2) is 0 Å². The van der Waals surface area contributed by atoms with Crippen molar-refractivity contribution in [3.05, 3.63) is 83.7 Å². The lowest BCUT2D eigenvalue weighted by atomic mass is 9.86. The minimum atomic E-state index is -0.00255. The molecule has 132 valence electrons. The molecule has 1 aliphatic rings. The van der Waals surface area contributed by atoms with E-state index in [1.165, 1.54) is 11.1 Å². The van der Waals surface area contributed by atoms with Crippen LogP contribution in [0, 0.1) is 0 Å². The zero-order valence-electron chi connectivity index (χ0n) is 14.7. The van der Waals surface area contributed by atoms with E-state index in [0.29, 0.717) is 18.8 Å². The molecular formula is C21H21N3O2. The average molecular weight is 347 g/mol. The molecule has 0 saturated carbocycles. The first-order chi connectivity index (χ1) is 12.7. The van der Waals surface area contributed by atoms with Crippen LogP contribution in [-0.2, 0) is 18.4 Å². The summed E-state index contributed by atoms with van der Waals surface area (Å²) in [5, 5.41) is 4.30. The third kappa shape index (κ3) is 3.33. The van der Waals surface area contributed by atoms with Gasteiger partial charge in [0.2, 0.25) is 0 Å². The van der Waals surface area contributed by atoms with Crippen molar-refractivity contribution in [2.45, 2.75) is 12.5 Å². The fraction of sp³-hybridized carbons (Fsp3) is 0.238. The maximum absolute atomic E-state index is 12.7. The van der Waals surface area contributed by atoms with Gasteiger partial charge in [0.1, 0.15) is 5.75 Å². The molecule has 0 aliphatic carbocycles. The molecule has 5 heteroatoms. The Bertz CT molecular complexity index is 904. The van der Waals surface area contributed by atoms with Crippen molar-refractivity contribution in [2.24, 2.45) is 7.05 Å². The van der Waals surface area contributed by atoms with Crippen LogP contribution in [0.15, 0.2) is 67.0 Å². The average Bonchev–Trinajstić information content (AvgIpc) is 3.12. The zero-order valence-corrected chi connectivity index (χ0v) is 14.7. The molecule has 2 heterocycles. The first-order valence-electron chi connectivity index (χ1n) is 8.72. The van der Waals surface area contributed by atoms with Gasteiger partial charge in [0.15, 0.2) is 6.61 Å². The van der Waals surface area contributed by atoms with Crippen molar-refractivity contribution in [1.82, 2.24) is 14.7 Å². The molecule has 1 aromatic heterocycles. The highest BCUT2D eigenvalue weighted by atomic mass is 16.5. The van der Waals surface area contributed by atoms with Gasteiger partial charge >= 0.3 is 0 Å². The van der Waals surface area contributed by atoms with E-state index in [-0.39, 0.29) is 18.4 Å². The third-order valence-electron chi connectivity index (χ3n) is 4.78. The molecule has 3 aromatic rings. The summed E-state index contributed by atoms with van der Waals surface area (Å²) >= 11 is 0. The number of amides is 1. The Morgan fingerprint density at radius 3 is 2.69 bits per heavy atom. The Morgan fingerprint density at radius 2 is 1.92 bits per heavy atom. The maximum Gasteiger partial charge on any atom is 0.260 e. The molecule has 1 aliphatic heterocycles. The van der Waals surface area contributed by atoms with Gasteiger partial charge in [-0.3, -0.25) is 9.48 Å². The molecule has 0 N–H and O–H groups in total.